The van der Waals surface area contributed by atoms with Crippen LogP contribution in [0.15, 0.2) is 10.3 Å². The number of nitrogen functional groups attached to an aromatic ring is 1. The van der Waals surface area contributed by atoms with Gasteiger partial charge >= 0.3 is 0 Å². The summed E-state index contributed by atoms with van der Waals surface area (Å²) >= 11 is 3.68. The van der Waals surface area contributed by atoms with Gasteiger partial charge in [-0.05, 0) is 37.8 Å². The average molecular weight is 228 g/mol. The Bertz CT molecular complexity index is 284. The minimum absolute atomic E-state index is 0.939. The highest BCUT2D eigenvalue weighted by molar-refractivity contribution is 7.99. The van der Waals surface area contributed by atoms with Gasteiger partial charge in [-0.3, -0.25) is 0 Å². The van der Waals surface area contributed by atoms with E-state index in [9.17, 15) is 0 Å². The third-order valence-corrected chi connectivity index (χ3v) is 4.72. The summed E-state index contributed by atoms with van der Waals surface area (Å²) in [6.45, 7) is 4.53. The Kier molecular flexibility index (Phi) is 3.36. The molecule has 0 unspecified atom stereocenters. The quantitative estimate of drug-likeness (QED) is 0.789. The van der Waals surface area contributed by atoms with Crippen LogP contribution in [0.5, 0.6) is 0 Å². The zero-order valence-electron chi connectivity index (χ0n) is 8.45. The molecule has 0 aliphatic carbocycles. The summed E-state index contributed by atoms with van der Waals surface area (Å²) in [6, 6.07) is 2.10. The lowest BCUT2D eigenvalue weighted by Gasteiger charge is -2.24. The normalized spacial score (nSPS) is 18.6. The molecular weight excluding hydrogens is 212 g/mol. The number of hydrogen-bond donors (Lipinski definition) is 1. The highest BCUT2D eigenvalue weighted by Gasteiger charge is 2.13. The Morgan fingerprint density at radius 2 is 2.07 bits per heavy atom. The number of rotatable bonds is 2. The molecule has 2 rings (SSSR count). The maximum atomic E-state index is 5.82. The molecule has 4 heteroatoms. The monoisotopic (exact) mass is 228 g/mol. The van der Waals surface area contributed by atoms with Crippen molar-refractivity contribution < 1.29 is 0 Å². The number of piperidine rings is 1. The lowest BCUT2D eigenvalue weighted by molar-refractivity contribution is 0.381. The van der Waals surface area contributed by atoms with Crippen molar-refractivity contribution in [2.75, 3.05) is 18.8 Å². The summed E-state index contributed by atoms with van der Waals surface area (Å²) in [7, 11) is 0. The second kappa shape index (κ2) is 4.55. The Morgan fingerprint density at radius 1 is 1.36 bits per heavy atom. The molecule has 2 heterocycles. The van der Waals surface area contributed by atoms with E-state index in [2.05, 4.69) is 17.3 Å². The Balaban J connectivity index is 1.95. The zero-order chi connectivity index (χ0) is 9.97. The average Bonchev–Trinajstić information content (AvgIpc) is 2.47. The summed E-state index contributed by atoms with van der Waals surface area (Å²) in [6.07, 6.45) is 4.07. The SMILES string of the molecule is Cc1sc(SN2CCCCC2)cc1N. The molecule has 0 bridgehead atoms. The standard InChI is InChI=1S/C10H16N2S2/c1-8-9(11)7-10(13-8)14-12-5-3-2-4-6-12/h7H,2-6,11H2,1H3. The molecule has 1 aromatic rings. The van der Waals surface area contributed by atoms with Gasteiger partial charge < -0.3 is 5.73 Å². The van der Waals surface area contributed by atoms with Crippen LogP contribution in [-0.2, 0) is 0 Å². The van der Waals surface area contributed by atoms with Crippen LogP contribution in [0.25, 0.3) is 0 Å². The highest BCUT2D eigenvalue weighted by atomic mass is 32.2. The van der Waals surface area contributed by atoms with E-state index < -0.39 is 0 Å². The van der Waals surface area contributed by atoms with Crippen molar-refractivity contribution in [2.45, 2.75) is 30.4 Å². The number of nitrogens with zero attached hydrogens (tertiary/aromatic N) is 1. The predicted octanol–water partition coefficient (Wildman–Crippen LogP) is 3.13. The first-order chi connectivity index (χ1) is 6.75. The largest absolute Gasteiger partial charge is 0.398 e. The molecule has 2 N–H and O–H groups in total. The Hall–Kier alpha value is -0.190. The minimum Gasteiger partial charge on any atom is -0.398 e. The molecular formula is C10H16N2S2. The van der Waals surface area contributed by atoms with Crippen LogP contribution in [0.4, 0.5) is 5.69 Å². The fraction of sp³-hybridized carbons (Fsp3) is 0.600. The van der Waals surface area contributed by atoms with Gasteiger partial charge in [0.25, 0.3) is 0 Å². The van der Waals surface area contributed by atoms with E-state index in [1.165, 1.54) is 41.4 Å². The number of nitrogens with two attached hydrogens (primary N) is 1. The zero-order valence-corrected chi connectivity index (χ0v) is 10.1. The third kappa shape index (κ3) is 2.43. The molecule has 0 spiro atoms. The summed E-state index contributed by atoms with van der Waals surface area (Å²) in [4.78, 5) is 1.24. The molecule has 0 aromatic carbocycles. The number of aryl methyl sites for hydroxylation is 1. The van der Waals surface area contributed by atoms with Crippen LogP contribution in [0, 0.1) is 6.92 Å². The van der Waals surface area contributed by atoms with Crippen LogP contribution in [0.2, 0.25) is 0 Å². The van der Waals surface area contributed by atoms with Crippen LogP contribution in [0.3, 0.4) is 0 Å². The maximum Gasteiger partial charge on any atom is 0.0777 e. The highest BCUT2D eigenvalue weighted by Crippen LogP contribution is 2.34. The van der Waals surface area contributed by atoms with Crippen molar-refractivity contribution in [3.05, 3.63) is 10.9 Å². The molecule has 1 saturated heterocycles. The van der Waals surface area contributed by atoms with Crippen LogP contribution in [-0.4, -0.2) is 17.4 Å². The van der Waals surface area contributed by atoms with E-state index >= 15 is 0 Å². The van der Waals surface area contributed by atoms with E-state index in [1.54, 1.807) is 11.3 Å². The maximum absolute atomic E-state index is 5.82. The number of hydrogen-bond acceptors (Lipinski definition) is 4. The van der Waals surface area contributed by atoms with Gasteiger partial charge in [-0.15, -0.1) is 11.3 Å². The molecule has 0 atom stereocenters. The van der Waals surface area contributed by atoms with Crippen molar-refractivity contribution in [3.8, 4) is 0 Å². The van der Waals surface area contributed by atoms with Gasteiger partial charge in [-0.25, -0.2) is 4.31 Å². The van der Waals surface area contributed by atoms with E-state index in [-0.39, 0.29) is 0 Å². The predicted molar refractivity (Wildman–Crippen MR) is 64.7 cm³/mol. The van der Waals surface area contributed by atoms with Gasteiger partial charge in [-0.2, -0.15) is 0 Å². The molecule has 1 aliphatic rings. The van der Waals surface area contributed by atoms with Crippen LogP contribution < -0.4 is 5.73 Å². The topological polar surface area (TPSA) is 29.3 Å². The van der Waals surface area contributed by atoms with Gasteiger partial charge in [0, 0.05) is 23.7 Å². The third-order valence-electron chi connectivity index (χ3n) is 2.47. The second-order valence-electron chi connectivity index (χ2n) is 3.66. The summed E-state index contributed by atoms with van der Waals surface area (Å²) in [5, 5.41) is 0. The second-order valence-corrected chi connectivity index (χ2v) is 6.31. The molecule has 78 valence electrons. The van der Waals surface area contributed by atoms with Crippen molar-refractivity contribution in [1.29, 1.82) is 0 Å². The van der Waals surface area contributed by atoms with Crippen molar-refractivity contribution >= 4 is 29.0 Å². The van der Waals surface area contributed by atoms with E-state index in [1.807, 2.05) is 11.9 Å². The summed E-state index contributed by atoms with van der Waals surface area (Å²) in [5.41, 5.74) is 6.76. The Morgan fingerprint density at radius 3 is 2.64 bits per heavy atom. The number of thiophene rings is 1. The van der Waals surface area contributed by atoms with Gasteiger partial charge in [0.2, 0.25) is 0 Å². The van der Waals surface area contributed by atoms with Gasteiger partial charge in [-0.1, -0.05) is 6.42 Å². The molecule has 2 nitrogen and oxygen atoms in total. The van der Waals surface area contributed by atoms with E-state index in [4.69, 9.17) is 5.73 Å². The molecule has 14 heavy (non-hydrogen) atoms. The van der Waals surface area contributed by atoms with Gasteiger partial charge in [0.15, 0.2) is 0 Å². The van der Waals surface area contributed by atoms with Crippen molar-refractivity contribution in [3.63, 3.8) is 0 Å². The molecule has 0 amide bonds. The fourth-order valence-corrected chi connectivity index (χ4v) is 3.98. The fourth-order valence-electron chi connectivity index (χ4n) is 1.60. The smallest absolute Gasteiger partial charge is 0.0777 e. The Labute approximate surface area is 93.6 Å². The first-order valence-electron chi connectivity index (χ1n) is 5.04. The molecule has 0 saturated carbocycles. The first-order valence-corrected chi connectivity index (χ1v) is 6.63. The minimum atomic E-state index is 0.939. The van der Waals surface area contributed by atoms with Gasteiger partial charge in [0.1, 0.15) is 0 Å². The van der Waals surface area contributed by atoms with Crippen LogP contribution >= 0.6 is 23.3 Å². The summed E-state index contributed by atoms with van der Waals surface area (Å²) < 4.78 is 3.79. The van der Waals surface area contributed by atoms with Crippen molar-refractivity contribution in [2.24, 2.45) is 0 Å². The lowest BCUT2D eigenvalue weighted by Crippen LogP contribution is -2.22. The first kappa shape index (κ1) is 10.3. The van der Waals surface area contributed by atoms with Crippen molar-refractivity contribution in [1.82, 2.24) is 4.31 Å². The molecule has 1 aromatic heterocycles. The van der Waals surface area contributed by atoms with E-state index in [0.29, 0.717) is 0 Å². The van der Waals surface area contributed by atoms with Crippen LogP contribution in [0.1, 0.15) is 24.1 Å². The summed E-state index contributed by atoms with van der Waals surface area (Å²) in [5.74, 6) is 0. The van der Waals surface area contributed by atoms with Gasteiger partial charge in [0.05, 0.1) is 4.21 Å². The number of anilines is 1. The lowest BCUT2D eigenvalue weighted by atomic mass is 10.2. The van der Waals surface area contributed by atoms with E-state index in [0.717, 1.165) is 5.69 Å². The molecule has 0 radical (unpaired) electrons. The molecule has 1 fully saturated rings. The molecule has 1 aliphatic heterocycles.